The SMILES string of the molecule is CCCCCC/C=C\CCCC(=O)NC(COP(=O)([O-])OCC[N+](C)(C)C)C(O)CCCCCCCCCCCCCCCCCCCCCC. The van der Waals surface area contributed by atoms with Crippen LogP contribution in [0.2, 0.25) is 0 Å². The molecule has 0 aliphatic heterocycles. The highest BCUT2D eigenvalue weighted by Crippen LogP contribution is 2.38. The first-order valence-electron chi connectivity index (χ1n) is 21.5. The number of aliphatic hydroxyl groups is 1. The lowest BCUT2D eigenvalue weighted by Crippen LogP contribution is -2.46. The molecule has 1 amide bonds. The van der Waals surface area contributed by atoms with Crippen molar-refractivity contribution in [3.05, 3.63) is 12.2 Å². The summed E-state index contributed by atoms with van der Waals surface area (Å²) in [6, 6.07) is -0.809. The maximum Gasteiger partial charge on any atom is 0.268 e. The van der Waals surface area contributed by atoms with Crippen molar-refractivity contribution in [3.8, 4) is 0 Å². The fourth-order valence-electron chi connectivity index (χ4n) is 6.28. The number of carbonyl (C=O) groups excluding carboxylic acids is 1. The maximum atomic E-state index is 12.7. The molecule has 51 heavy (non-hydrogen) atoms. The van der Waals surface area contributed by atoms with Crippen molar-refractivity contribution in [1.82, 2.24) is 5.32 Å². The molecule has 3 unspecified atom stereocenters. The summed E-state index contributed by atoms with van der Waals surface area (Å²) in [5.74, 6) is -0.200. The normalized spacial score (nSPS) is 14.6. The number of unbranched alkanes of at least 4 members (excludes halogenated alkanes) is 24. The minimum atomic E-state index is -4.56. The van der Waals surface area contributed by atoms with E-state index in [4.69, 9.17) is 9.05 Å². The van der Waals surface area contributed by atoms with E-state index in [1.165, 1.54) is 135 Å². The summed E-state index contributed by atoms with van der Waals surface area (Å²) in [7, 11) is 1.29. The van der Waals surface area contributed by atoms with E-state index in [0.717, 1.165) is 32.1 Å². The molecule has 0 heterocycles. The summed E-state index contributed by atoms with van der Waals surface area (Å²) in [6.45, 7) is 4.66. The van der Waals surface area contributed by atoms with Crippen LogP contribution >= 0.6 is 7.82 Å². The summed E-state index contributed by atoms with van der Waals surface area (Å²) >= 11 is 0. The third-order valence-corrected chi connectivity index (χ3v) is 10.7. The lowest BCUT2D eigenvalue weighted by atomic mass is 10.0. The number of aliphatic hydroxyl groups excluding tert-OH is 1. The van der Waals surface area contributed by atoms with E-state index in [1.54, 1.807) is 0 Å². The molecule has 0 spiro atoms. The fraction of sp³-hybridized carbons (Fsp3) is 0.929. The first kappa shape index (κ1) is 50.2. The second-order valence-corrected chi connectivity index (χ2v) is 17.5. The zero-order valence-electron chi connectivity index (χ0n) is 34.3. The van der Waals surface area contributed by atoms with Gasteiger partial charge in [-0.2, -0.15) is 0 Å². The molecule has 8 nitrogen and oxygen atoms in total. The van der Waals surface area contributed by atoms with Crippen molar-refractivity contribution >= 4 is 13.7 Å². The van der Waals surface area contributed by atoms with Gasteiger partial charge < -0.3 is 28.8 Å². The van der Waals surface area contributed by atoms with Crippen LogP contribution in [-0.2, 0) is 18.4 Å². The van der Waals surface area contributed by atoms with Gasteiger partial charge in [0, 0.05) is 6.42 Å². The van der Waals surface area contributed by atoms with Gasteiger partial charge in [-0.3, -0.25) is 9.36 Å². The molecule has 0 aromatic rings. The number of carbonyl (C=O) groups is 1. The molecular formula is C42H85N2O6P. The third-order valence-electron chi connectivity index (χ3n) is 9.75. The van der Waals surface area contributed by atoms with E-state index in [9.17, 15) is 19.4 Å². The molecule has 3 atom stereocenters. The summed E-state index contributed by atoms with van der Waals surface area (Å²) in [5, 5.41) is 13.8. The predicted molar refractivity (Wildman–Crippen MR) is 215 cm³/mol. The lowest BCUT2D eigenvalue weighted by molar-refractivity contribution is -0.870. The monoisotopic (exact) mass is 745 g/mol. The minimum absolute atomic E-state index is 0.00931. The van der Waals surface area contributed by atoms with E-state index in [0.29, 0.717) is 30.3 Å². The predicted octanol–water partition coefficient (Wildman–Crippen LogP) is 10.9. The summed E-state index contributed by atoms with van der Waals surface area (Å²) in [6.07, 6.45) is 38.0. The molecule has 0 radical (unpaired) electrons. The van der Waals surface area contributed by atoms with Gasteiger partial charge in [-0.25, -0.2) is 0 Å². The van der Waals surface area contributed by atoms with Crippen molar-refractivity contribution in [2.24, 2.45) is 0 Å². The average Bonchev–Trinajstić information content (AvgIpc) is 3.07. The summed E-state index contributed by atoms with van der Waals surface area (Å²) < 4.78 is 23.2. The fourth-order valence-corrected chi connectivity index (χ4v) is 7.00. The molecule has 0 aliphatic carbocycles. The van der Waals surface area contributed by atoms with Crippen molar-refractivity contribution in [3.63, 3.8) is 0 Å². The highest BCUT2D eigenvalue weighted by atomic mass is 31.2. The van der Waals surface area contributed by atoms with E-state index in [1.807, 2.05) is 21.1 Å². The second kappa shape index (κ2) is 35.0. The van der Waals surface area contributed by atoms with Gasteiger partial charge in [-0.05, 0) is 32.1 Å². The van der Waals surface area contributed by atoms with Crippen molar-refractivity contribution in [2.75, 3.05) is 40.9 Å². The number of rotatable bonds is 39. The number of allylic oxidation sites excluding steroid dienone is 2. The van der Waals surface area contributed by atoms with Crippen LogP contribution in [0.5, 0.6) is 0 Å². The Labute approximate surface area is 316 Å². The van der Waals surface area contributed by atoms with Crippen molar-refractivity contribution in [2.45, 2.75) is 212 Å². The van der Waals surface area contributed by atoms with Crippen LogP contribution in [0.4, 0.5) is 0 Å². The number of amides is 1. The number of quaternary nitrogens is 1. The average molecular weight is 745 g/mol. The van der Waals surface area contributed by atoms with Gasteiger partial charge in [0.1, 0.15) is 13.2 Å². The van der Waals surface area contributed by atoms with Crippen molar-refractivity contribution in [1.29, 1.82) is 0 Å². The quantitative estimate of drug-likeness (QED) is 0.0281. The number of phosphoric acid groups is 1. The molecule has 0 aliphatic rings. The second-order valence-electron chi connectivity index (χ2n) is 16.1. The molecular weight excluding hydrogens is 659 g/mol. The van der Waals surface area contributed by atoms with Gasteiger partial charge in [0.05, 0.1) is 39.9 Å². The largest absolute Gasteiger partial charge is 0.756 e. The summed E-state index contributed by atoms with van der Waals surface area (Å²) in [5.41, 5.74) is 0. The van der Waals surface area contributed by atoms with Crippen LogP contribution in [0.1, 0.15) is 200 Å². The topological polar surface area (TPSA) is 108 Å². The van der Waals surface area contributed by atoms with E-state index in [2.05, 4.69) is 31.3 Å². The molecule has 0 bridgehead atoms. The zero-order chi connectivity index (χ0) is 37.9. The molecule has 9 heteroatoms. The van der Waals surface area contributed by atoms with Gasteiger partial charge in [0.2, 0.25) is 5.91 Å². The smallest absolute Gasteiger partial charge is 0.268 e. The van der Waals surface area contributed by atoms with Crippen LogP contribution in [0.15, 0.2) is 12.2 Å². The van der Waals surface area contributed by atoms with E-state index in [-0.39, 0.29) is 19.1 Å². The molecule has 304 valence electrons. The Bertz CT molecular complexity index is 850. The van der Waals surface area contributed by atoms with E-state index < -0.39 is 20.0 Å². The van der Waals surface area contributed by atoms with Crippen LogP contribution < -0.4 is 10.2 Å². The van der Waals surface area contributed by atoms with Crippen LogP contribution in [0.25, 0.3) is 0 Å². The molecule has 0 aromatic carbocycles. The van der Waals surface area contributed by atoms with E-state index >= 15 is 0 Å². The molecule has 0 saturated carbocycles. The third kappa shape index (κ3) is 37.4. The number of hydrogen-bond donors (Lipinski definition) is 2. The van der Waals surface area contributed by atoms with Crippen LogP contribution in [0.3, 0.4) is 0 Å². The zero-order valence-corrected chi connectivity index (χ0v) is 35.2. The number of hydrogen-bond acceptors (Lipinski definition) is 6. The first-order valence-corrected chi connectivity index (χ1v) is 23.0. The Balaban J connectivity index is 4.27. The standard InChI is InChI=1S/C42H85N2O6P/c1-6-8-10-12-14-16-17-18-19-20-21-22-23-24-25-26-28-29-31-33-35-41(45)40(39-50-51(47,48)49-38-37-44(3,4)5)43-42(46)36-34-32-30-27-15-13-11-9-7-2/h27,30,40-41,45H,6-26,28-29,31-39H2,1-5H3,(H-,43,46,47,48)/b30-27-. The molecule has 0 fully saturated rings. The molecule has 2 N–H and O–H groups in total. The van der Waals surface area contributed by atoms with Gasteiger partial charge >= 0.3 is 0 Å². The molecule has 0 aromatic heterocycles. The highest BCUT2D eigenvalue weighted by molar-refractivity contribution is 7.45. The summed E-state index contributed by atoms with van der Waals surface area (Å²) in [4.78, 5) is 25.2. The molecule has 0 rings (SSSR count). The van der Waals surface area contributed by atoms with Crippen LogP contribution in [0, 0.1) is 0 Å². The number of phosphoric ester groups is 1. The van der Waals surface area contributed by atoms with Crippen LogP contribution in [-0.4, -0.2) is 68.5 Å². The van der Waals surface area contributed by atoms with Crippen molar-refractivity contribution < 1.29 is 32.9 Å². The number of nitrogens with zero attached hydrogens (tertiary/aromatic N) is 1. The van der Waals surface area contributed by atoms with Gasteiger partial charge in [0.15, 0.2) is 0 Å². The lowest BCUT2D eigenvalue weighted by Gasteiger charge is -2.30. The number of likely N-dealkylation sites (N-methyl/N-ethyl adjacent to an activating group) is 1. The Kier molecular flexibility index (Phi) is 34.5. The first-order chi connectivity index (χ1) is 24.5. The highest BCUT2D eigenvalue weighted by Gasteiger charge is 2.24. The Hall–Kier alpha value is -0.760. The maximum absolute atomic E-state index is 12.7. The Morgan fingerprint density at radius 1 is 0.667 bits per heavy atom. The number of nitrogens with one attached hydrogen (secondary N) is 1. The Morgan fingerprint density at radius 3 is 1.53 bits per heavy atom. The van der Waals surface area contributed by atoms with Gasteiger partial charge in [-0.1, -0.05) is 174 Å². The Morgan fingerprint density at radius 2 is 1.08 bits per heavy atom. The minimum Gasteiger partial charge on any atom is -0.756 e. The molecule has 0 saturated heterocycles. The van der Waals surface area contributed by atoms with Gasteiger partial charge in [-0.15, -0.1) is 0 Å². The van der Waals surface area contributed by atoms with Gasteiger partial charge in [0.25, 0.3) is 7.82 Å².